The summed E-state index contributed by atoms with van der Waals surface area (Å²) >= 11 is 6.14. The molecule has 4 nitrogen and oxygen atoms in total. The van der Waals surface area contributed by atoms with Crippen molar-refractivity contribution in [2.45, 2.75) is 38.5 Å². The number of rotatable bonds is 4. The van der Waals surface area contributed by atoms with E-state index in [2.05, 4.69) is 25.2 Å². The molecule has 5 heteroatoms. The maximum Gasteiger partial charge on any atom is 0.258 e. The fraction of sp³-hybridized carbons (Fsp3) is 0.259. The van der Waals surface area contributed by atoms with Crippen LogP contribution in [0.2, 0.25) is 5.02 Å². The van der Waals surface area contributed by atoms with Gasteiger partial charge in [0.1, 0.15) is 0 Å². The lowest BCUT2D eigenvalue weighted by Gasteiger charge is -2.27. The summed E-state index contributed by atoms with van der Waals surface area (Å²) in [6, 6.07) is 22.6. The first-order chi connectivity index (χ1) is 15.3. The molecular weight excluding hydrogens is 420 g/mol. The number of anilines is 2. The molecule has 0 saturated heterocycles. The van der Waals surface area contributed by atoms with Gasteiger partial charge in [0.15, 0.2) is 0 Å². The lowest BCUT2D eigenvalue weighted by Crippen LogP contribution is -2.32. The fourth-order valence-corrected chi connectivity index (χ4v) is 4.50. The normalized spacial score (nSPS) is 14.9. The molecule has 0 saturated carbocycles. The summed E-state index contributed by atoms with van der Waals surface area (Å²) in [6.07, 6.45) is 2.18. The zero-order valence-corrected chi connectivity index (χ0v) is 19.2. The standard InChI is InChI=1S/C27H27ClN2O2/c1-27(2)16-7-17-30(24-11-6-4-9-22(24)27)26(32)19-12-14-21(15-13-19)29-25(31)18-20-8-3-5-10-23(20)28/h3-6,8-15H,7,16-18H2,1-2H3,(H,29,31). The van der Waals surface area contributed by atoms with Crippen molar-refractivity contribution in [2.24, 2.45) is 0 Å². The Morgan fingerprint density at radius 1 is 0.969 bits per heavy atom. The van der Waals surface area contributed by atoms with Crippen molar-refractivity contribution in [1.82, 2.24) is 0 Å². The van der Waals surface area contributed by atoms with E-state index in [-0.39, 0.29) is 23.7 Å². The monoisotopic (exact) mass is 446 g/mol. The molecule has 3 aromatic carbocycles. The second-order valence-corrected chi connectivity index (χ2v) is 9.26. The Balaban J connectivity index is 1.49. The molecule has 0 aromatic heterocycles. The quantitative estimate of drug-likeness (QED) is 0.515. The number of hydrogen-bond acceptors (Lipinski definition) is 2. The number of hydrogen-bond donors (Lipinski definition) is 1. The third-order valence-corrected chi connectivity index (χ3v) is 6.45. The van der Waals surface area contributed by atoms with Crippen molar-refractivity contribution in [1.29, 1.82) is 0 Å². The summed E-state index contributed by atoms with van der Waals surface area (Å²) in [5, 5.41) is 3.45. The van der Waals surface area contributed by atoms with E-state index in [1.54, 1.807) is 30.3 Å². The summed E-state index contributed by atoms with van der Waals surface area (Å²) in [5.41, 5.74) is 4.24. The average molecular weight is 447 g/mol. The van der Waals surface area contributed by atoms with E-state index in [0.29, 0.717) is 22.8 Å². The molecule has 1 aliphatic rings. The smallest absolute Gasteiger partial charge is 0.258 e. The highest BCUT2D eigenvalue weighted by molar-refractivity contribution is 6.31. The molecule has 1 heterocycles. The number of amides is 2. The lowest BCUT2D eigenvalue weighted by molar-refractivity contribution is -0.115. The molecule has 0 bridgehead atoms. The number of halogens is 1. The fourth-order valence-electron chi connectivity index (χ4n) is 4.30. The van der Waals surface area contributed by atoms with Gasteiger partial charge in [0.05, 0.1) is 6.42 Å². The third kappa shape index (κ3) is 4.71. The molecule has 0 fully saturated rings. The number of fused-ring (bicyclic) bond motifs is 1. The number of para-hydroxylation sites is 1. The highest BCUT2D eigenvalue weighted by atomic mass is 35.5. The van der Waals surface area contributed by atoms with Crippen LogP contribution in [0.5, 0.6) is 0 Å². The highest BCUT2D eigenvalue weighted by Gasteiger charge is 2.31. The van der Waals surface area contributed by atoms with Gasteiger partial charge in [-0.25, -0.2) is 0 Å². The Labute approximate surface area is 194 Å². The van der Waals surface area contributed by atoms with Crippen molar-refractivity contribution in [3.05, 3.63) is 94.5 Å². The van der Waals surface area contributed by atoms with Crippen LogP contribution in [-0.4, -0.2) is 18.4 Å². The summed E-state index contributed by atoms with van der Waals surface area (Å²) in [7, 11) is 0. The molecule has 0 atom stereocenters. The van der Waals surface area contributed by atoms with Crippen LogP contribution in [0.25, 0.3) is 0 Å². The molecule has 3 aromatic rings. The van der Waals surface area contributed by atoms with Crippen LogP contribution in [-0.2, 0) is 16.6 Å². The van der Waals surface area contributed by atoms with Crippen molar-refractivity contribution in [3.8, 4) is 0 Å². The maximum atomic E-state index is 13.4. The molecule has 1 N–H and O–H groups in total. The van der Waals surface area contributed by atoms with E-state index in [1.165, 1.54) is 5.56 Å². The van der Waals surface area contributed by atoms with Crippen LogP contribution in [0.1, 0.15) is 48.2 Å². The molecule has 1 aliphatic heterocycles. The maximum absolute atomic E-state index is 13.4. The minimum atomic E-state index is -0.152. The van der Waals surface area contributed by atoms with Gasteiger partial charge in [-0.1, -0.05) is 61.8 Å². The van der Waals surface area contributed by atoms with Gasteiger partial charge < -0.3 is 10.2 Å². The average Bonchev–Trinajstić information content (AvgIpc) is 2.91. The molecule has 0 spiro atoms. The van der Waals surface area contributed by atoms with Crippen molar-refractivity contribution in [3.63, 3.8) is 0 Å². The minimum Gasteiger partial charge on any atom is -0.326 e. The van der Waals surface area contributed by atoms with Gasteiger partial charge in [0, 0.05) is 28.5 Å². The van der Waals surface area contributed by atoms with Gasteiger partial charge in [-0.05, 0) is 65.8 Å². The second kappa shape index (κ2) is 9.17. The van der Waals surface area contributed by atoms with E-state index in [1.807, 2.05) is 41.3 Å². The first-order valence-electron chi connectivity index (χ1n) is 10.9. The van der Waals surface area contributed by atoms with Gasteiger partial charge >= 0.3 is 0 Å². The van der Waals surface area contributed by atoms with Crippen molar-refractivity contribution >= 4 is 34.8 Å². The summed E-state index contributed by atoms with van der Waals surface area (Å²) in [5.74, 6) is -0.176. The number of carbonyl (C=O) groups is 2. The first kappa shape index (κ1) is 22.1. The van der Waals surface area contributed by atoms with E-state index >= 15 is 0 Å². The zero-order chi connectivity index (χ0) is 22.7. The Morgan fingerprint density at radius 3 is 2.41 bits per heavy atom. The van der Waals surface area contributed by atoms with E-state index in [0.717, 1.165) is 24.1 Å². The van der Waals surface area contributed by atoms with Crippen LogP contribution < -0.4 is 10.2 Å². The van der Waals surface area contributed by atoms with Crippen molar-refractivity contribution < 1.29 is 9.59 Å². The molecule has 32 heavy (non-hydrogen) atoms. The van der Waals surface area contributed by atoms with Crippen LogP contribution in [0.3, 0.4) is 0 Å². The van der Waals surface area contributed by atoms with E-state index < -0.39 is 0 Å². The molecule has 0 radical (unpaired) electrons. The second-order valence-electron chi connectivity index (χ2n) is 8.86. The first-order valence-corrected chi connectivity index (χ1v) is 11.3. The van der Waals surface area contributed by atoms with Gasteiger partial charge in [-0.2, -0.15) is 0 Å². The topological polar surface area (TPSA) is 49.4 Å². The molecule has 164 valence electrons. The lowest BCUT2D eigenvalue weighted by atomic mass is 9.80. The Hall–Kier alpha value is -3.11. The van der Waals surface area contributed by atoms with Gasteiger partial charge in [-0.3, -0.25) is 9.59 Å². The number of nitrogens with zero attached hydrogens (tertiary/aromatic N) is 1. The van der Waals surface area contributed by atoms with Crippen LogP contribution in [0.15, 0.2) is 72.8 Å². The van der Waals surface area contributed by atoms with Crippen LogP contribution in [0.4, 0.5) is 11.4 Å². The molecule has 0 aliphatic carbocycles. The molecular formula is C27H27ClN2O2. The Kier molecular flexibility index (Phi) is 6.33. The summed E-state index contributed by atoms with van der Waals surface area (Å²) in [6.45, 7) is 5.16. The number of benzene rings is 3. The molecule has 0 unspecified atom stereocenters. The predicted octanol–water partition coefficient (Wildman–Crippen LogP) is 6.24. The number of carbonyl (C=O) groups excluding carboxylic acids is 2. The van der Waals surface area contributed by atoms with E-state index in [4.69, 9.17) is 11.6 Å². The Bertz CT molecular complexity index is 1140. The molecule has 4 rings (SSSR count). The Morgan fingerprint density at radius 2 is 1.66 bits per heavy atom. The minimum absolute atomic E-state index is 0.0240. The molecule has 2 amide bonds. The van der Waals surface area contributed by atoms with Crippen LogP contribution in [0, 0.1) is 0 Å². The predicted molar refractivity (Wildman–Crippen MR) is 131 cm³/mol. The highest BCUT2D eigenvalue weighted by Crippen LogP contribution is 2.39. The zero-order valence-electron chi connectivity index (χ0n) is 18.4. The SMILES string of the molecule is CC1(C)CCCN(C(=O)c2ccc(NC(=O)Cc3ccccc3Cl)cc2)c2ccccc21. The largest absolute Gasteiger partial charge is 0.326 e. The third-order valence-electron chi connectivity index (χ3n) is 6.08. The van der Waals surface area contributed by atoms with Crippen LogP contribution >= 0.6 is 11.6 Å². The number of nitrogens with one attached hydrogen (secondary N) is 1. The van der Waals surface area contributed by atoms with Crippen molar-refractivity contribution in [2.75, 3.05) is 16.8 Å². The van der Waals surface area contributed by atoms with Gasteiger partial charge in [0.25, 0.3) is 5.91 Å². The summed E-state index contributed by atoms with van der Waals surface area (Å²) in [4.78, 5) is 27.6. The van der Waals surface area contributed by atoms with Gasteiger partial charge in [-0.15, -0.1) is 0 Å². The summed E-state index contributed by atoms with van der Waals surface area (Å²) < 4.78 is 0. The van der Waals surface area contributed by atoms with E-state index in [9.17, 15) is 9.59 Å². The van der Waals surface area contributed by atoms with Gasteiger partial charge in [0.2, 0.25) is 5.91 Å².